The lowest BCUT2D eigenvalue weighted by molar-refractivity contribution is -0.123. The Hall–Kier alpha value is -3.96. The maximum absolute atomic E-state index is 13.4. The van der Waals surface area contributed by atoms with Crippen molar-refractivity contribution in [2.75, 3.05) is 44.5 Å². The molecule has 2 amide bonds. The SMILES string of the molecule is O=C(OCC(=O)c1ccc(Cl)cc1Cl)c1ccc(N2C(=O)CC(N3CCN(Cc4ccc5c(c4)OCO5)CC3)C2=O)cc1. The lowest BCUT2D eigenvalue weighted by Gasteiger charge is -2.37. The van der Waals surface area contributed by atoms with Gasteiger partial charge in [0, 0.05) is 43.3 Å². The molecule has 10 nitrogen and oxygen atoms in total. The number of fused-ring (bicyclic) bond motifs is 1. The number of Topliss-reactive ketones (excluding diaryl/α,β-unsaturated/α-hetero) is 1. The van der Waals surface area contributed by atoms with Gasteiger partial charge in [0.05, 0.1) is 28.7 Å². The molecular weight excluding hydrogens is 597 g/mol. The predicted molar refractivity (Wildman–Crippen MR) is 158 cm³/mol. The minimum absolute atomic E-state index is 0.0974. The molecule has 222 valence electrons. The van der Waals surface area contributed by atoms with Crippen LogP contribution in [0.15, 0.2) is 60.7 Å². The first-order valence-electron chi connectivity index (χ1n) is 13.7. The van der Waals surface area contributed by atoms with Crippen molar-refractivity contribution in [3.05, 3.63) is 87.4 Å². The molecule has 2 saturated heterocycles. The molecule has 3 aliphatic heterocycles. The summed E-state index contributed by atoms with van der Waals surface area (Å²) in [6, 6.07) is 15.8. The van der Waals surface area contributed by atoms with Gasteiger partial charge in [-0.3, -0.25) is 24.2 Å². The minimum Gasteiger partial charge on any atom is -0.454 e. The Morgan fingerprint density at radius 1 is 0.884 bits per heavy atom. The molecule has 1 unspecified atom stereocenters. The van der Waals surface area contributed by atoms with Gasteiger partial charge in [-0.15, -0.1) is 0 Å². The Balaban J connectivity index is 1.02. The smallest absolute Gasteiger partial charge is 0.338 e. The number of ether oxygens (including phenoxy) is 3. The molecule has 3 heterocycles. The molecule has 0 aromatic heterocycles. The fraction of sp³-hybridized carbons (Fsp3) is 0.290. The molecule has 0 N–H and O–H groups in total. The first kappa shape index (κ1) is 29.1. The van der Waals surface area contributed by atoms with Gasteiger partial charge in [-0.05, 0) is 60.2 Å². The van der Waals surface area contributed by atoms with E-state index in [-0.39, 0.29) is 41.2 Å². The predicted octanol–water partition coefficient (Wildman–Crippen LogP) is 4.21. The van der Waals surface area contributed by atoms with E-state index in [9.17, 15) is 19.2 Å². The third-order valence-corrected chi connectivity index (χ3v) is 8.29. The highest BCUT2D eigenvalue weighted by Gasteiger charge is 2.43. The molecule has 3 aromatic rings. The van der Waals surface area contributed by atoms with Crippen LogP contribution >= 0.6 is 23.2 Å². The number of imide groups is 1. The fourth-order valence-electron chi connectivity index (χ4n) is 5.46. The fourth-order valence-corrected chi connectivity index (χ4v) is 5.97. The average Bonchev–Trinajstić information content (AvgIpc) is 3.59. The van der Waals surface area contributed by atoms with Crippen LogP contribution < -0.4 is 14.4 Å². The van der Waals surface area contributed by atoms with Crippen LogP contribution in [0.2, 0.25) is 10.0 Å². The molecule has 0 spiro atoms. The number of esters is 1. The molecule has 0 aliphatic carbocycles. The van der Waals surface area contributed by atoms with Gasteiger partial charge in [-0.2, -0.15) is 0 Å². The number of hydrogen-bond donors (Lipinski definition) is 0. The van der Waals surface area contributed by atoms with Gasteiger partial charge in [0.25, 0.3) is 5.91 Å². The largest absolute Gasteiger partial charge is 0.454 e. The zero-order valence-electron chi connectivity index (χ0n) is 23.0. The van der Waals surface area contributed by atoms with Gasteiger partial charge in [0.15, 0.2) is 18.1 Å². The Morgan fingerprint density at radius 3 is 2.37 bits per heavy atom. The first-order chi connectivity index (χ1) is 20.8. The van der Waals surface area contributed by atoms with Gasteiger partial charge in [0.1, 0.15) is 0 Å². The third kappa shape index (κ3) is 6.23. The molecule has 0 bridgehead atoms. The Kier molecular flexibility index (Phi) is 8.36. The number of piperazine rings is 1. The van der Waals surface area contributed by atoms with Crippen molar-refractivity contribution in [1.82, 2.24) is 9.80 Å². The summed E-state index contributed by atoms with van der Waals surface area (Å²) in [6.07, 6.45) is 0.0974. The Bertz CT molecular complexity index is 1590. The van der Waals surface area contributed by atoms with Gasteiger partial charge >= 0.3 is 5.97 Å². The number of anilines is 1. The Morgan fingerprint density at radius 2 is 1.63 bits per heavy atom. The molecule has 3 aliphatic rings. The number of hydrogen-bond acceptors (Lipinski definition) is 9. The second-order valence-corrected chi connectivity index (χ2v) is 11.3. The summed E-state index contributed by atoms with van der Waals surface area (Å²) < 4.78 is 16.0. The zero-order valence-corrected chi connectivity index (χ0v) is 24.5. The highest BCUT2D eigenvalue weighted by atomic mass is 35.5. The molecule has 43 heavy (non-hydrogen) atoms. The number of halogens is 2. The first-order valence-corrected chi connectivity index (χ1v) is 14.5. The molecule has 1 atom stereocenters. The van der Waals surface area contributed by atoms with Crippen LogP contribution in [-0.4, -0.2) is 79.0 Å². The van der Waals surface area contributed by atoms with E-state index in [4.69, 9.17) is 37.4 Å². The van der Waals surface area contributed by atoms with E-state index in [0.29, 0.717) is 23.8 Å². The van der Waals surface area contributed by atoms with Crippen LogP contribution in [-0.2, 0) is 20.9 Å². The lowest BCUT2D eigenvalue weighted by Crippen LogP contribution is -2.52. The highest BCUT2D eigenvalue weighted by Crippen LogP contribution is 2.33. The molecular formula is C31H27Cl2N3O7. The van der Waals surface area contributed by atoms with E-state index in [1.165, 1.54) is 47.4 Å². The summed E-state index contributed by atoms with van der Waals surface area (Å²) in [4.78, 5) is 56.7. The molecule has 6 rings (SSSR count). The summed E-state index contributed by atoms with van der Waals surface area (Å²) in [5.74, 6) is -0.260. The van der Waals surface area contributed by atoms with Crippen LogP contribution in [0.5, 0.6) is 11.5 Å². The average molecular weight is 624 g/mol. The quantitative estimate of drug-likeness (QED) is 0.207. The number of rotatable bonds is 8. The standard InChI is InChI=1S/C31H27Cl2N3O7/c32-21-4-7-23(24(33)14-21)26(37)17-41-31(40)20-2-5-22(6-3-20)36-29(38)15-25(30(36)39)35-11-9-34(10-12-35)16-19-1-8-27-28(13-19)43-18-42-27/h1-8,13-14,25H,9-12,15-18H2. The van der Waals surface area contributed by atoms with Crippen molar-refractivity contribution in [3.63, 3.8) is 0 Å². The number of benzene rings is 3. The van der Waals surface area contributed by atoms with Crippen molar-refractivity contribution in [2.45, 2.75) is 19.0 Å². The van der Waals surface area contributed by atoms with Crippen molar-refractivity contribution < 1.29 is 33.4 Å². The van der Waals surface area contributed by atoms with Crippen molar-refractivity contribution in [2.24, 2.45) is 0 Å². The van der Waals surface area contributed by atoms with Crippen molar-refractivity contribution >= 4 is 52.5 Å². The van der Waals surface area contributed by atoms with Gasteiger partial charge in [-0.25, -0.2) is 9.69 Å². The maximum Gasteiger partial charge on any atom is 0.338 e. The topological polar surface area (TPSA) is 106 Å². The van der Waals surface area contributed by atoms with Crippen LogP contribution in [0, 0.1) is 0 Å². The van der Waals surface area contributed by atoms with Gasteiger partial charge in [-0.1, -0.05) is 29.3 Å². The number of carbonyl (C=O) groups is 4. The maximum atomic E-state index is 13.4. The van der Waals surface area contributed by atoms with Crippen LogP contribution in [0.1, 0.15) is 32.7 Å². The summed E-state index contributed by atoms with van der Waals surface area (Å²) >= 11 is 11.9. The van der Waals surface area contributed by atoms with E-state index < -0.39 is 24.4 Å². The second kappa shape index (κ2) is 12.3. The summed E-state index contributed by atoms with van der Waals surface area (Å²) in [6.45, 7) is 3.33. The second-order valence-electron chi connectivity index (χ2n) is 10.5. The third-order valence-electron chi connectivity index (χ3n) is 7.74. The van der Waals surface area contributed by atoms with Crippen LogP contribution in [0.25, 0.3) is 0 Å². The number of amides is 2. The van der Waals surface area contributed by atoms with Crippen LogP contribution in [0.4, 0.5) is 5.69 Å². The van der Waals surface area contributed by atoms with E-state index in [0.717, 1.165) is 36.7 Å². The highest BCUT2D eigenvalue weighted by molar-refractivity contribution is 6.36. The normalized spacial score (nSPS) is 18.7. The van der Waals surface area contributed by atoms with E-state index in [2.05, 4.69) is 9.80 Å². The molecule has 0 saturated carbocycles. The molecule has 0 radical (unpaired) electrons. The number of carbonyl (C=O) groups excluding carboxylic acids is 4. The summed E-state index contributed by atoms with van der Waals surface area (Å²) in [5.41, 5.74) is 1.87. The monoisotopic (exact) mass is 623 g/mol. The van der Waals surface area contributed by atoms with E-state index >= 15 is 0 Å². The van der Waals surface area contributed by atoms with Crippen molar-refractivity contribution in [1.29, 1.82) is 0 Å². The summed E-state index contributed by atoms with van der Waals surface area (Å²) in [7, 11) is 0. The number of ketones is 1. The lowest BCUT2D eigenvalue weighted by atomic mass is 10.1. The Labute approximate surface area is 257 Å². The van der Waals surface area contributed by atoms with E-state index in [1.54, 1.807) is 0 Å². The minimum atomic E-state index is -0.722. The molecule has 12 heteroatoms. The zero-order chi connectivity index (χ0) is 30.1. The van der Waals surface area contributed by atoms with E-state index in [1.807, 2.05) is 18.2 Å². The van der Waals surface area contributed by atoms with Gasteiger partial charge in [0.2, 0.25) is 18.5 Å². The summed E-state index contributed by atoms with van der Waals surface area (Å²) in [5, 5.41) is 0.551. The molecule has 2 fully saturated rings. The van der Waals surface area contributed by atoms with Gasteiger partial charge < -0.3 is 14.2 Å². The van der Waals surface area contributed by atoms with Crippen LogP contribution in [0.3, 0.4) is 0 Å². The number of nitrogens with zero attached hydrogens (tertiary/aromatic N) is 3. The van der Waals surface area contributed by atoms with Crippen molar-refractivity contribution in [3.8, 4) is 11.5 Å². The molecule has 3 aromatic carbocycles.